The lowest BCUT2D eigenvalue weighted by atomic mass is 10.1. The molecule has 3 aromatic rings. The van der Waals surface area contributed by atoms with Gasteiger partial charge in [-0.3, -0.25) is 0 Å². The first-order chi connectivity index (χ1) is 11.1. The number of hydrogen-bond acceptors (Lipinski definition) is 3. The van der Waals surface area contributed by atoms with Crippen LogP contribution in [0.5, 0.6) is 0 Å². The fourth-order valence-electron chi connectivity index (χ4n) is 2.56. The van der Waals surface area contributed by atoms with Crippen LogP contribution in [-0.2, 0) is 4.74 Å². The fourth-order valence-corrected chi connectivity index (χ4v) is 3.56. The highest BCUT2D eigenvalue weighted by Gasteiger charge is 2.22. The SMILES string of the molecule is CCOC(=O)c1c(-c2cccs2)cn(-c2ccc(Br)cc2)c1C. The van der Waals surface area contributed by atoms with Crippen molar-refractivity contribution in [1.82, 2.24) is 4.57 Å². The van der Waals surface area contributed by atoms with Gasteiger partial charge in [-0.2, -0.15) is 0 Å². The summed E-state index contributed by atoms with van der Waals surface area (Å²) in [5.74, 6) is -0.274. The number of benzene rings is 1. The van der Waals surface area contributed by atoms with Gasteiger partial charge < -0.3 is 9.30 Å². The highest BCUT2D eigenvalue weighted by molar-refractivity contribution is 9.10. The maximum Gasteiger partial charge on any atom is 0.340 e. The van der Waals surface area contributed by atoms with Crippen LogP contribution in [0.25, 0.3) is 16.1 Å². The molecule has 0 radical (unpaired) electrons. The zero-order chi connectivity index (χ0) is 16.4. The number of carbonyl (C=O) groups excluding carboxylic acids is 1. The van der Waals surface area contributed by atoms with E-state index in [1.165, 1.54) is 0 Å². The van der Waals surface area contributed by atoms with Crippen LogP contribution < -0.4 is 0 Å². The number of aromatic nitrogens is 1. The predicted octanol–water partition coefficient (Wildman–Crippen LogP) is 5.45. The van der Waals surface area contributed by atoms with Gasteiger partial charge in [-0.25, -0.2) is 4.79 Å². The molecule has 0 atom stereocenters. The van der Waals surface area contributed by atoms with Gasteiger partial charge in [-0.15, -0.1) is 11.3 Å². The van der Waals surface area contributed by atoms with Gasteiger partial charge >= 0.3 is 5.97 Å². The lowest BCUT2D eigenvalue weighted by molar-refractivity contribution is 0.0526. The van der Waals surface area contributed by atoms with E-state index in [-0.39, 0.29) is 5.97 Å². The molecule has 23 heavy (non-hydrogen) atoms. The average Bonchev–Trinajstić information content (AvgIpc) is 3.16. The van der Waals surface area contributed by atoms with Crippen molar-refractivity contribution in [2.45, 2.75) is 13.8 Å². The minimum atomic E-state index is -0.274. The molecule has 0 aliphatic rings. The molecule has 2 aromatic heterocycles. The van der Waals surface area contributed by atoms with Crippen LogP contribution in [0.4, 0.5) is 0 Å². The summed E-state index contributed by atoms with van der Waals surface area (Å²) in [6.45, 7) is 4.14. The Labute approximate surface area is 147 Å². The number of rotatable bonds is 4. The van der Waals surface area contributed by atoms with E-state index in [9.17, 15) is 4.79 Å². The molecular formula is C18H16BrNO2S. The lowest BCUT2D eigenvalue weighted by Crippen LogP contribution is -2.07. The Morgan fingerprint density at radius 1 is 1.26 bits per heavy atom. The van der Waals surface area contributed by atoms with E-state index in [2.05, 4.69) is 15.9 Å². The summed E-state index contributed by atoms with van der Waals surface area (Å²) in [7, 11) is 0. The molecule has 0 aliphatic heterocycles. The first-order valence-corrected chi connectivity index (χ1v) is 8.98. The Hall–Kier alpha value is -1.85. The maximum absolute atomic E-state index is 12.4. The second-order valence-corrected chi connectivity index (χ2v) is 6.91. The summed E-state index contributed by atoms with van der Waals surface area (Å²) in [6, 6.07) is 12.0. The van der Waals surface area contributed by atoms with E-state index >= 15 is 0 Å². The van der Waals surface area contributed by atoms with Crippen LogP contribution >= 0.6 is 27.3 Å². The van der Waals surface area contributed by atoms with E-state index < -0.39 is 0 Å². The first kappa shape index (κ1) is 16.0. The number of ether oxygens (including phenoxy) is 1. The molecule has 5 heteroatoms. The van der Waals surface area contributed by atoms with E-state index in [4.69, 9.17) is 4.74 Å². The minimum absolute atomic E-state index is 0.274. The van der Waals surface area contributed by atoms with Gasteiger partial charge in [-0.05, 0) is 49.6 Å². The van der Waals surface area contributed by atoms with Crippen molar-refractivity contribution in [3.63, 3.8) is 0 Å². The van der Waals surface area contributed by atoms with Crippen molar-refractivity contribution < 1.29 is 9.53 Å². The Bertz CT molecular complexity index is 820. The standard InChI is InChI=1S/C18H16BrNO2S/c1-3-22-18(21)17-12(2)20(14-8-6-13(19)7-9-14)11-15(17)16-5-4-10-23-16/h4-11H,3H2,1-2H3. The van der Waals surface area contributed by atoms with Gasteiger partial charge in [0, 0.05) is 32.5 Å². The number of nitrogens with zero attached hydrogens (tertiary/aromatic N) is 1. The summed E-state index contributed by atoms with van der Waals surface area (Å²) in [5.41, 5.74) is 3.45. The van der Waals surface area contributed by atoms with Gasteiger partial charge in [0.25, 0.3) is 0 Å². The van der Waals surface area contributed by atoms with Gasteiger partial charge in [0.2, 0.25) is 0 Å². The Balaban J connectivity index is 2.17. The average molecular weight is 390 g/mol. The quantitative estimate of drug-likeness (QED) is 0.555. The lowest BCUT2D eigenvalue weighted by Gasteiger charge is -2.07. The molecule has 0 amide bonds. The topological polar surface area (TPSA) is 31.2 Å². The van der Waals surface area contributed by atoms with Crippen molar-refractivity contribution in [1.29, 1.82) is 0 Å². The molecule has 2 heterocycles. The zero-order valence-corrected chi connectivity index (χ0v) is 15.3. The van der Waals surface area contributed by atoms with Crippen molar-refractivity contribution in [2.24, 2.45) is 0 Å². The third kappa shape index (κ3) is 3.12. The molecule has 0 N–H and O–H groups in total. The Morgan fingerprint density at radius 2 is 2.00 bits per heavy atom. The number of hydrogen-bond donors (Lipinski definition) is 0. The summed E-state index contributed by atoms with van der Waals surface area (Å²) < 4.78 is 8.32. The number of halogens is 1. The first-order valence-electron chi connectivity index (χ1n) is 7.30. The predicted molar refractivity (Wildman–Crippen MR) is 97.5 cm³/mol. The fraction of sp³-hybridized carbons (Fsp3) is 0.167. The second-order valence-electron chi connectivity index (χ2n) is 5.05. The van der Waals surface area contributed by atoms with Crippen LogP contribution in [-0.4, -0.2) is 17.1 Å². The largest absolute Gasteiger partial charge is 0.462 e. The van der Waals surface area contributed by atoms with E-state index in [0.717, 1.165) is 26.3 Å². The highest BCUT2D eigenvalue weighted by atomic mass is 79.9. The molecule has 0 fully saturated rings. The van der Waals surface area contributed by atoms with Gasteiger partial charge in [0.1, 0.15) is 0 Å². The van der Waals surface area contributed by atoms with Gasteiger partial charge in [0.05, 0.1) is 12.2 Å². The Kier molecular flexibility index (Phi) is 4.68. The zero-order valence-electron chi connectivity index (χ0n) is 12.9. The second kappa shape index (κ2) is 6.72. The third-order valence-electron chi connectivity index (χ3n) is 3.62. The molecule has 0 saturated heterocycles. The van der Waals surface area contributed by atoms with Crippen molar-refractivity contribution in [2.75, 3.05) is 6.61 Å². The summed E-state index contributed by atoms with van der Waals surface area (Å²) >= 11 is 5.07. The molecule has 0 aliphatic carbocycles. The van der Waals surface area contributed by atoms with Gasteiger partial charge in [-0.1, -0.05) is 22.0 Å². The van der Waals surface area contributed by atoms with E-state index in [1.54, 1.807) is 11.3 Å². The van der Waals surface area contributed by atoms with Crippen LogP contribution in [0, 0.1) is 6.92 Å². The van der Waals surface area contributed by atoms with Crippen LogP contribution in [0.2, 0.25) is 0 Å². The summed E-state index contributed by atoms with van der Waals surface area (Å²) in [5, 5.41) is 2.01. The monoisotopic (exact) mass is 389 g/mol. The van der Waals surface area contributed by atoms with Crippen molar-refractivity contribution in [3.8, 4) is 16.1 Å². The number of thiophene rings is 1. The number of carbonyl (C=O) groups is 1. The molecular weight excluding hydrogens is 374 g/mol. The molecule has 118 valence electrons. The highest BCUT2D eigenvalue weighted by Crippen LogP contribution is 2.33. The molecule has 0 spiro atoms. The summed E-state index contributed by atoms with van der Waals surface area (Å²) in [4.78, 5) is 13.5. The third-order valence-corrected chi connectivity index (χ3v) is 5.05. The molecule has 3 rings (SSSR count). The van der Waals surface area contributed by atoms with Crippen molar-refractivity contribution >= 4 is 33.2 Å². The number of esters is 1. The van der Waals surface area contributed by atoms with Crippen molar-refractivity contribution in [3.05, 3.63) is 63.7 Å². The van der Waals surface area contributed by atoms with E-state index in [0.29, 0.717) is 12.2 Å². The van der Waals surface area contributed by atoms with Crippen LogP contribution in [0.1, 0.15) is 23.0 Å². The van der Waals surface area contributed by atoms with Crippen LogP contribution in [0.15, 0.2) is 52.4 Å². The molecule has 0 unspecified atom stereocenters. The molecule has 0 bridgehead atoms. The molecule has 0 saturated carbocycles. The summed E-state index contributed by atoms with van der Waals surface area (Å²) in [6.07, 6.45) is 2.01. The molecule has 1 aromatic carbocycles. The van der Waals surface area contributed by atoms with E-state index in [1.807, 2.05) is 66.4 Å². The molecule has 3 nitrogen and oxygen atoms in total. The minimum Gasteiger partial charge on any atom is -0.462 e. The normalized spacial score (nSPS) is 10.7. The van der Waals surface area contributed by atoms with Crippen LogP contribution in [0.3, 0.4) is 0 Å². The Morgan fingerprint density at radius 3 is 2.61 bits per heavy atom. The maximum atomic E-state index is 12.4. The van der Waals surface area contributed by atoms with Gasteiger partial charge in [0.15, 0.2) is 0 Å². The smallest absolute Gasteiger partial charge is 0.340 e.